The summed E-state index contributed by atoms with van der Waals surface area (Å²) in [4.78, 5) is 50.9. The van der Waals surface area contributed by atoms with E-state index in [1.54, 1.807) is 6.20 Å². The summed E-state index contributed by atoms with van der Waals surface area (Å²) in [5.74, 6) is -4.33. The number of aromatic nitrogens is 1. The van der Waals surface area contributed by atoms with Crippen LogP contribution in [0.15, 0.2) is 30.5 Å². The van der Waals surface area contributed by atoms with E-state index in [0.717, 1.165) is 16.5 Å². The summed E-state index contributed by atoms with van der Waals surface area (Å²) in [5.41, 5.74) is 7.55. The summed E-state index contributed by atoms with van der Waals surface area (Å²) in [6.07, 6.45) is 1.64. The van der Waals surface area contributed by atoms with Gasteiger partial charge < -0.3 is 31.6 Å². The first-order valence-corrected chi connectivity index (χ1v) is 9.99. The monoisotopic (exact) mass is 432 g/mol. The average Bonchev–Trinajstić information content (AvgIpc) is 3.13. The van der Waals surface area contributed by atoms with E-state index in [9.17, 15) is 24.3 Å². The van der Waals surface area contributed by atoms with Crippen molar-refractivity contribution in [3.63, 3.8) is 0 Å². The Hall–Kier alpha value is -3.40. The molecule has 0 aliphatic rings. The van der Waals surface area contributed by atoms with Gasteiger partial charge in [-0.05, 0) is 17.5 Å². The largest absolute Gasteiger partial charge is 0.481 e. The van der Waals surface area contributed by atoms with Crippen molar-refractivity contribution >= 4 is 34.7 Å². The number of carbonyl (C=O) groups is 4. The molecule has 10 heteroatoms. The van der Waals surface area contributed by atoms with Crippen LogP contribution in [-0.2, 0) is 25.6 Å². The van der Waals surface area contributed by atoms with Crippen molar-refractivity contribution in [2.24, 2.45) is 11.7 Å². The molecule has 1 aromatic heterocycles. The number of nitrogens with two attached hydrogens (primary N) is 1. The van der Waals surface area contributed by atoms with E-state index >= 15 is 0 Å². The second-order valence-electron chi connectivity index (χ2n) is 7.53. The summed E-state index contributed by atoms with van der Waals surface area (Å²) in [7, 11) is 0. The molecule has 0 fully saturated rings. The van der Waals surface area contributed by atoms with Crippen molar-refractivity contribution in [3.8, 4) is 0 Å². The van der Waals surface area contributed by atoms with Crippen LogP contribution in [0.4, 0.5) is 0 Å². The lowest BCUT2D eigenvalue weighted by Gasteiger charge is -2.24. The molecule has 0 aliphatic heterocycles. The van der Waals surface area contributed by atoms with Gasteiger partial charge in [0.2, 0.25) is 11.8 Å². The first-order valence-electron chi connectivity index (χ1n) is 9.99. The highest BCUT2D eigenvalue weighted by Crippen LogP contribution is 2.19. The van der Waals surface area contributed by atoms with Crippen molar-refractivity contribution < 1.29 is 29.4 Å². The van der Waals surface area contributed by atoms with Gasteiger partial charge in [-0.2, -0.15) is 0 Å². The summed E-state index contributed by atoms with van der Waals surface area (Å²) in [5, 5.41) is 23.8. The number of hydrogen-bond donors (Lipinski definition) is 6. The third-order valence-corrected chi connectivity index (χ3v) is 5.29. The standard InChI is InChI=1S/C21H28N4O6/c1-3-11(2)18(22)20(29)24-15(19(28)25-16(21(30)31)9-17(26)27)8-12-10-23-14-7-5-4-6-13(12)14/h4-7,10-11,15-16,18,23H,3,8-9,22H2,1-2H3,(H,24,29)(H,25,28)(H,26,27)(H,30,31). The molecule has 31 heavy (non-hydrogen) atoms. The predicted octanol–water partition coefficient (Wildman–Crippen LogP) is 0.613. The van der Waals surface area contributed by atoms with Gasteiger partial charge in [0, 0.05) is 23.5 Å². The number of amides is 2. The number of benzene rings is 1. The van der Waals surface area contributed by atoms with E-state index in [1.807, 2.05) is 38.1 Å². The summed E-state index contributed by atoms with van der Waals surface area (Å²) < 4.78 is 0. The maximum atomic E-state index is 12.9. The van der Waals surface area contributed by atoms with Gasteiger partial charge in [0.05, 0.1) is 12.5 Å². The Morgan fingerprint density at radius 2 is 1.71 bits per heavy atom. The molecule has 2 rings (SSSR count). The maximum Gasteiger partial charge on any atom is 0.326 e. The molecule has 2 aromatic rings. The predicted molar refractivity (Wildman–Crippen MR) is 113 cm³/mol. The molecule has 0 saturated heterocycles. The fourth-order valence-electron chi connectivity index (χ4n) is 3.16. The summed E-state index contributed by atoms with van der Waals surface area (Å²) in [6, 6.07) is 3.78. The Morgan fingerprint density at radius 3 is 2.32 bits per heavy atom. The molecule has 0 bridgehead atoms. The normalized spacial score (nSPS) is 14.9. The van der Waals surface area contributed by atoms with Crippen molar-refractivity contribution in [1.82, 2.24) is 15.6 Å². The molecule has 1 aromatic carbocycles. The second kappa shape index (κ2) is 10.6. The van der Waals surface area contributed by atoms with Crippen LogP contribution in [-0.4, -0.2) is 57.1 Å². The highest BCUT2D eigenvalue weighted by Gasteiger charge is 2.30. The molecule has 0 aliphatic carbocycles. The summed E-state index contributed by atoms with van der Waals surface area (Å²) >= 11 is 0. The number of H-pyrrole nitrogens is 1. The van der Waals surface area contributed by atoms with Crippen LogP contribution in [0.25, 0.3) is 10.9 Å². The average molecular weight is 432 g/mol. The van der Waals surface area contributed by atoms with Crippen LogP contribution in [0, 0.1) is 5.92 Å². The maximum absolute atomic E-state index is 12.9. The minimum absolute atomic E-state index is 0.0637. The van der Waals surface area contributed by atoms with Gasteiger partial charge in [-0.15, -0.1) is 0 Å². The van der Waals surface area contributed by atoms with Gasteiger partial charge >= 0.3 is 11.9 Å². The van der Waals surface area contributed by atoms with E-state index in [2.05, 4.69) is 15.6 Å². The molecule has 0 saturated carbocycles. The lowest BCUT2D eigenvalue weighted by molar-refractivity contribution is -0.147. The topological polar surface area (TPSA) is 175 Å². The van der Waals surface area contributed by atoms with Crippen LogP contribution >= 0.6 is 0 Å². The zero-order chi connectivity index (χ0) is 23.1. The number of para-hydroxylation sites is 1. The van der Waals surface area contributed by atoms with Gasteiger partial charge in [0.25, 0.3) is 0 Å². The third-order valence-electron chi connectivity index (χ3n) is 5.29. The van der Waals surface area contributed by atoms with Crippen LogP contribution in [0.2, 0.25) is 0 Å². The smallest absolute Gasteiger partial charge is 0.326 e. The van der Waals surface area contributed by atoms with Gasteiger partial charge in [-0.25, -0.2) is 4.79 Å². The number of fused-ring (bicyclic) bond motifs is 1. The molecule has 10 nitrogen and oxygen atoms in total. The Kier molecular flexibility index (Phi) is 8.14. The number of carboxylic acids is 2. The number of rotatable bonds is 11. The Balaban J connectivity index is 2.27. The van der Waals surface area contributed by atoms with Crippen molar-refractivity contribution in [3.05, 3.63) is 36.0 Å². The highest BCUT2D eigenvalue weighted by molar-refractivity contribution is 5.93. The zero-order valence-corrected chi connectivity index (χ0v) is 17.4. The minimum atomic E-state index is -1.63. The van der Waals surface area contributed by atoms with Crippen LogP contribution < -0.4 is 16.4 Å². The van der Waals surface area contributed by atoms with Gasteiger partial charge in [-0.1, -0.05) is 38.5 Å². The van der Waals surface area contributed by atoms with E-state index in [0.29, 0.717) is 6.42 Å². The summed E-state index contributed by atoms with van der Waals surface area (Å²) in [6.45, 7) is 3.70. The van der Waals surface area contributed by atoms with E-state index < -0.39 is 48.3 Å². The third kappa shape index (κ3) is 6.29. The fraction of sp³-hybridized carbons (Fsp3) is 0.429. The molecule has 7 N–H and O–H groups in total. The zero-order valence-electron chi connectivity index (χ0n) is 17.4. The van der Waals surface area contributed by atoms with Crippen molar-refractivity contribution in [2.45, 2.75) is 51.2 Å². The van der Waals surface area contributed by atoms with Gasteiger partial charge in [0.15, 0.2) is 0 Å². The lowest BCUT2D eigenvalue weighted by atomic mass is 9.98. The molecule has 4 atom stereocenters. The molecule has 2 amide bonds. The van der Waals surface area contributed by atoms with Crippen molar-refractivity contribution in [1.29, 1.82) is 0 Å². The van der Waals surface area contributed by atoms with E-state index in [4.69, 9.17) is 10.8 Å². The van der Waals surface area contributed by atoms with Crippen LogP contribution in [0.3, 0.4) is 0 Å². The van der Waals surface area contributed by atoms with Crippen LogP contribution in [0.5, 0.6) is 0 Å². The Labute approximate surface area is 179 Å². The number of carbonyl (C=O) groups excluding carboxylic acids is 2. The van der Waals surface area contributed by atoms with Gasteiger partial charge in [-0.3, -0.25) is 14.4 Å². The molecule has 168 valence electrons. The first kappa shape index (κ1) is 23.9. The first-order chi connectivity index (χ1) is 14.6. The quantitative estimate of drug-likeness (QED) is 0.301. The molecule has 1 heterocycles. The fourth-order valence-corrected chi connectivity index (χ4v) is 3.16. The SMILES string of the molecule is CCC(C)C(N)C(=O)NC(Cc1c[nH]c2ccccc12)C(=O)NC(CC(=O)O)C(=O)O. The number of hydrogen-bond acceptors (Lipinski definition) is 5. The van der Waals surface area contributed by atoms with Crippen molar-refractivity contribution in [2.75, 3.05) is 0 Å². The molecular weight excluding hydrogens is 404 g/mol. The number of aliphatic carboxylic acids is 2. The lowest BCUT2D eigenvalue weighted by Crippen LogP contribution is -2.56. The number of carboxylic acid groups (broad SMARTS) is 2. The Bertz CT molecular complexity index is 956. The second-order valence-corrected chi connectivity index (χ2v) is 7.53. The van der Waals surface area contributed by atoms with E-state index in [1.165, 1.54) is 0 Å². The number of nitrogens with one attached hydrogen (secondary N) is 3. The van der Waals surface area contributed by atoms with Gasteiger partial charge in [0.1, 0.15) is 12.1 Å². The highest BCUT2D eigenvalue weighted by atomic mass is 16.4. The molecular formula is C21H28N4O6. The molecule has 4 unspecified atom stereocenters. The number of aromatic amines is 1. The Morgan fingerprint density at radius 1 is 1.06 bits per heavy atom. The van der Waals surface area contributed by atoms with Crippen LogP contribution in [0.1, 0.15) is 32.3 Å². The molecule has 0 radical (unpaired) electrons. The molecule has 0 spiro atoms. The minimum Gasteiger partial charge on any atom is -0.481 e. The van der Waals surface area contributed by atoms with E-state index in [-0.39, 0.29) is 12.3 Å².